The summed E-state index contributed by atoms with van der Waals surface area (Å²) in [4.78, 5) is 17.0. The number of anilines is 1. The van der Waals surface area contributed by atoms with Crippen LogP contribution in [0.5, 0.6) is 0 Å². The molecule has 0 fully saturated rings. The van der Waals surface area contributed by atoms with E-state index in [2.05, 4.69) is 27.8 Å². The molecule has 200 valence electrons. The molecule has 0 bridgehead atoms. The van der Waals surface area contributed by atoms with E-state index < -0.39 is 5.91 Å². The molecule has 0 radical (unpaired) electrons. The Hall–Kier alpha value is -4.98. The molecule has 0 saturated carbocycles. The molecule has 6 rings (SSSR count). The van der Waals surface area contributed by atoms with Crippen molar-refractivity contribution in [1.29, 1.82) is 0 Å². The first-order chi connectivity index (χ1) is 20.0. The Morgan fingerprint density at radius 3 is 2.27 bits per heavy atom. The number of thiocarbonyl (C=S) groups is 1. The standard InChI is InChI=1S/C33H22ClN3O3S/c34-25-12-10-23(11-13-25)29-18-15-27(39-29)16-19-31(38)37-33(41)35-26-14-17-30-28(20-26)36-32(40-30)24-8-6-22(7-9-24)21-4-2-1-3-5-21/h1-20H,(H2,35,37,38,41). The fourth-order valence-electron chi connectivity index (χ4n) is 4.25. The minimum atomic E-state index is -0.393. The molecule has 2 N–H and O–H groups in total. The van der Waals surface area contributed by atoms with Gasteiger partial charge in [-0.2, -0.15) is 0 Å². The van der Waals surface area contributed by atoms with Crippen LogP contribution in [0.15, 0.2) is 124 Å². The number of furan rings is 1. The first kappa shape index (κ1) is 26.3. The largest absolute Gasteiger partial charge is 0.457 e. The number of benzene rings is 4. The van der Waals surface area contributed by atoms with E-state index >= 15 is 0 Å². The van der Waals surface area contributed by atoms with Crippen molar-refractivity contribution in [2.24, 2.45) is 0 Å². The van der Waals surface area contributed by atoms with Gasteiger partial charge >= 0.3 is 0 Å². The van der Waals surface area contributed by atoms with Gasteiger partial charge in [0.2, 0.25) is 11.8 Å². The molecule has 0 saturated heterocycles. The minimum Gasteiger partial charge on any atom is -0.457 e. The molecule has 4 aromatic carbocycles. The van der Waals surface area contributed by atoms with E-state index in [0.29, 0.717) is 39.2 Å². The number of rotatable bonds is 6. The molecule has 0 aliphatic carbocycles. The van der Waals surface area contributed by atoms with E-state index in [9.17, 15) is 4.79 Å². The van der Waals surface area contributed by atoms with Crippen molar-refractivity contribution in [3.05, 3.63) is 126 Å². The van der Waals surface area contributed by atoms with E-state index in [1.807, 2.05) is 78.9 Å². The number of nitrogens with zero attached hydrogens (tertiary/aromatic N) is 1. The Bertz CT molecular complexity index is 1880. The van der Waals surface area contributed by atoms with Gasteiger partial charge < -0.3 is 14.2 Å². The lowest BCUT2D eigenvalue weighted by Crippen LogP contribution is -2.32. The maximum Gasteiger partial charge on any atom is 0.250 e. The van der Waals surface area contributed by atoms with Gasteiger partial charge in [0, 0.05) is 27.9 Å². The molecule has 8 heteroatoms. The molecule has 6 aromatic rings. The van der Waals surface area contributed by atoms with Crippen LogP contribution in [0.1, 0.15) is 5.76 Å². The summed E-state index contributed by atoms with van der Waals surface area (Å²) in [7, 11) is 0. The second-order valence-corrected chi connectivity index (χ2v) is 9.98. The van der Waals surface area contributed by atoms with E-state index in [-0.39, 0.29) is 5.11 Å². The number of hydrogen-bond acceptors (Lipinski definition) is 5. The maximum atomic E-state index is 12.4. The summed E-state index contributed by atoms with van der Waals surface area (Å²) in [6, 6.07) is 34.6. The van der Waals surface area contributed by atoms with Crippen molar-refractivity contribution in [1.82, 2.24) is 10.3 Å². The smallest absolute Gasteiger partial charge is 0.250 e. The lowest BCUT2D eigenvalue weighted by atomic mass is 10.0. The van der Waals surface area contributed by atoms with Gasteiger partial charge in [0.15, 0.2) is 10.7 Å². The second-order valence-electron chi connectivity index (χ2n) is 9.13. The number of fused-ring (bicyclic) bond motifs is 1. The van der Waals surface area contributed by atoms with Gasteiger partial charge in [0.1, 0.15) is 17.0 Å². The van der Waals surface area contributed by atoms with E-state index in [4.69, 9.17) is 32.7 Å². The van der Waals surface area contributed by atoms with Gasteiger partial charge in [0.05, 0.1) is 0 Å². The van der Waals surface area contributed by atoms with Crippen LogP contribution in [0.3, 0.4) is 0 Å². The molecular formula is C33H22ClN3O3S. The zero-order valence-corrected chi connectivity index (χ0v) is 23.1. The molecule has 6 nitrogen and oxygen atoms in total. The molecule has 0 unspecified atom stereocenters. The Balaban J connectivity index is 1.07. The van der Waals surface area contributed by atoms with Crippen LogP contribution in [0.25, 0.3) is 51.1 Å². The highest BCUT2D eigenvalue weighted by molar-refractivity contribution is 7.80. The Morgan fingerprint density at radius 2 is 1.49 bits per heavy atom. The van der Waals surface area contributed by atoms with E-state index in [0.717, 1.165) is 22.3 Å². The van der Waals surface area contributed by atoms with Crippen molar-refractivity contribution in [3.8, 4) is 33.9 Å². The summed E-state index contributed by atoms with van der Waals surface area (Å²) in [5, 5.41) is 6.46. The van der Waals surface area contributed by atoms with Crippen LogP contribution < -0.4 is 10.6 Å². The van der Waals surface area contributed by atoms with Crippen LogP contribution in [0, 0.1) is 0 Å². The number of aromatic nitrogens is 1. The molecule has 2 aromatic heterocycles. The summed E-state index contributed by atoms with van der Waals surface area (Å²) in [5.41, 5.74) is 6.02. The van der Waals surface area contributed by atoms with Gasteiger partial charge in [-0.15, -0.1) is 0 Å². The Kier molecular flexibility index (Phi) is 7.45. The molecule has 41 heavy (non-hydrogen) atoms. The normalized spacial score (nSPS) is 11.1. The second kappa shape index (κ2) is 11.6. The number of halogens is 1. The van der Waals surface area contributed by atoms with Gasteiger partial charge in [-0.25, -0.2) is 4.98 Å². The number of hydrogen-bond donors (Lipinski definition) is 2. The highest BCUT2D eigenvalue weighted by Crippen LogP contribution is 2.29. The topological polar surface area (TPSA) is 80.3 Å². The number of nitrogens with one attached hydrogen (secondary N) is 2. The fourth-order valence-corrected chi connectivity index (χ4v) is 4.59. The SMILES string of the molecule is O=C(C=Cc1ccc(-c2ccc(Cl)cc2)o1)NC(=S)Nc1ccc2oc(-c3ccc(-c4ccccc4)cc3)nc2c1. The Morgan fingerprint density at radius 1 is 0.780 bits per heavy atom. The summed E-state index contributed by atoms with van der Waals surface area (Å²) < 4.78 is 11.8. The fraction of sp³-hybridized carbons (Fsp3) is 0. The van der Waals surface area contributed by atoms with E-state index in [1.54, 1.807) is 24.3 Å². The first-order valence-corrected chi connectivity index (χ1v) is 13.5. The molecule has 0 spiro atoms. The van der Waals surface area contributed by atoms with Crippen LogP contribution in [0.2, 0.25) is 5.02 Å². The third-order valence-corrected chi connectivity index (χ3v) is 6.73. The highest BCUT2D eigenvalue weighted by Gasteiger charge is 2.11. The van der Waals surface area contributed by atoms with Gasteiger partial charge in [-0.05, 0) is 96.2 Å². The summed E-state index contributed by atoms with van der Waals surface area (Å²) >= 11 is 11.3. The monoisotopic (exact) mass is 575 g/mol. The van der Waals surface area contributed by atoms with Crippen molar-refractivity contribution in [3.63, 3.8) is 0 Å². The summed E-state index contributed by atoms with van der Waals surface area (Å²) in [5.74, 6) is 1.34. The van der Waals surface area contributed by atoms with Gasteiger partial charge in [0.25, 0.3) is 0 Å². The molecule has 0 aliphatic rings. The van der Waals surface area contributed by atoms with Crippen LogP contribution in [0.4, 0.5) is 5.69 Å². The number of carbonyl (C=O) groups is 1. The highest BCUT2D eigenvalue weighted by atomic mass is 35.5. The zero-order valence-electron chi connectivity index (χ0n) is 21.5. The molecule has 1 amide bonds. The predicted octanol–water partition coefficient (Wildman–Crippen LogP) is 8.60. The number of carbonyl (C=O) groups excluding carboxylic acids is 1. The molecule has 2 heterocycles. The average molecular weight is 576 g/mol. The molecule has 0 atom stereocenters. The van der Waals surface area contributed by atoms with Crippen LogP contribution in [-0.4, -0.2) is 16.0 Å². The van der Waals surface area contributed by atoms with Crippen molar-refractivity contribution < 1.29 is 13.6 Å². The number of oxazole rings is 1. The van der Waals surface area contributed by atoms with Crippen LogP contribution >= 0.6 is 23.8 Å². The molecule has 0 aliphatic heterocycles. The van der Waals surface area contributed by atoms with Crippen molar-refractivity contribution in [2.75, 3.05) is 5.32 Å². The average Bonchev–Trinajstić information content (AvgIpc) is 3.64. The molecular weight excluding hydrogens is 554 g/mol. The lowest BCUT2D eigenvalue weighted by Gasteiger charge is -2.07. The maximum absolute atomic E-state index is 12.4. The van der Waals surface area contributed by atoms with Crippen LogP contribution in [-0.2, 0) is 4.79 Å². The van der Waals surface area contributed by atoms with Gasteiger partial charge in [-0.1, -0.05) is 54.1 Å². The number of amides is 1. The third-order valence-electron chi connectivity index (χ3n) is 6.28. The van der Waals surface area contributed by atoms with Crippen molar-refractivity contribution in [2.45, 2.75) is 0 Å². The minimum absolute atomic E-state index is 0.153. The zero-order chi connectivity index (χ0) is 28.2. The third kappa shape index (κ3) is 6.27. The Labute approximate surface area is 246 Å². The van der Waals surface area contributed by atoms with Crippen molar-refractivity contribution >= 4 is 57.7 Å². The summed E-state index contributed by atoms with van der Waals surface area (Å²) in [6.07, 6.45) is 2.93. The van der Waals surface area contributed by atoms with E-state index in [1.165, 1.54) is 6.08 Å². The quantitative estimate of drug-likeness (QED) is 0.153. The summed E-state index contributed by atoms with van der Waals surface area (Å²) in [6.45, 7) is 0. The lowest BCUT2D eigenvalue weighted by molar-refractivity contribution is -0.115. The van der Waals surface area contributed by atoms with Gasteiger partial charge in [-0.3, -0.25) is 10.1 Å². The predicted molar refractivity (Wildman–Crippen MR) is 167 cm³/mol. The first-order valence-electron chi connectivity index (χ1n) is 12.7.